The van der Waals surface area contributed by atoms with Crippen LogP contribution in [-0.4, -0.2) is 82.0 Å². The molecule has 2 saturated heterocycles. The monoisotopic (exact) mass is 438 g/mol. The summed E-state index contributed by atoms with van der Waals surface area (Å²) in [5, 5.41) is 0. The molecular weight excluding hydrogens is 400 g/mol. The Bertz CT molecular complexity index is 553. The number of sulfone groups is 1. The number of carbonyl (C=O) groups is 4. The van der Waals surface area contributed by atoms with E-state index in [1.165, 1.54) is 19.3 Å². The van der Waals surface area contributed by atoms with E-state index >= 15 is 0 Å². The van der Waals surface area contributed by atoms with Crippen molar-refractivity contribution in [3.8, 4) is 0 Å². The third-order valence-electron chi connectivity index (χ3n) is 3.42. The summed E-state index contributed by atoms with van der Waals surface area (Å²) in [7, 11) is -0.824. The second-order valence-electron chi connectivity index (χ2n) is 6.96. The van der Waals surface area contributed by atoms with Gasteiger partial charge in [0.1, 0.15) is 9.84 Å². The molecule has 2 aliphatic rings. The Kier molecular flexibility index (Phi) is 20.8. The number of rotatable bonds is 2. The Morgan fingerprint density at radius 3 is 1.55 bits per heavy atom. The summed E-state index contributed by atoms with van der Waals surface area (Å²) in [6.07, 6.45) is 9.01. The number of nitrogens with two attached hydrogens (primary N) is 2. The third-order valence-corrected chi connectivity index (χ3v) is 3.42. The zero-order valence-corrected chi connectivity index (χ0v) is 19.1. The Hall–Kier alpha value is -2.17. The van der Waals surface area contributed by atoms with Gasteiger partial charge < -0.3 is 21.3 Å². The summed E-state index contributed by atoms with van der Waals surface area (Å²) < 4.78 is 19.3. The Labute approximate surface area is 174 Å². The smallest absolute Gasteiger partial charge is 0.222 e. The maximum atomic E-state index is 10.5. The lowest BCUT2D eigenvalue weighted by Crippen LogP contribution is -2.27. The van der Waals surface area contributed by atoms with Gasteiger partial charge in [-0.15, -0.1) is 0 Å². The molecule has 4 N–H and O–H groups in total. The van der Waals surface area contributed by atoms with E-state index in [9.17, 15) is 22.8 Å². The molecule has 10 nitrogen and oxygen atoms in total. The molecule has 0 aromatic carbocycles. The molecule has 0 bridgehead atoms. The average molecular weight is 439 g/mol. The molecule has 2 aliphatic heterocycles. The van der Waals surface area contributed by atoms with Gasteiger partial charge in [-0.05, 0) is 25.7 Å². The molecule has 172 valence electrons. The molecule has 0 aromatic heterocycles. The van der Waals surface area contributed by atoms with E-state index in [2.05, 4.69) is 5.73 Å². The molecule has 0 atom stereocenters. The van der Waals surface area contributed by atoms with E-state index in [-0.39, 0.29) is 18.2 Å². The van der Waals surface area contributed by atoms with Gasteiger partial charge >= 0.3 is 0 Å². The minimum Gasteiger partial charge on any atom is -0.372 e. The van der Waals surface area contributed by atoms with E-state index < -0.39 is 9.84 Å². The van der Waals surface area contributed by atoms with Crippen molar-refractivity contribution in [1.29, 1.82) is 0 Å². The highest BCUT2D eigenvalue weighted by molar-refractivity contribution is 7.89. The van der Waals surface area contributed by atoms with Crippen molar-refractivity contribution in [3.05, 3.63) is 0 Å². The van der Waals surface area contributed by atoms with Crippen molar-refractivity contribution in [2.45, 2.75) is 46.0 Å². The summed E-state index contributed by atoms with van der Waals surface area (Å²) in [6.45, 7) is 6.44. The highest BCUT2D eigenvalue weighted by Gasteiger charge is 2.14. The lowest BCUT2D eigenvalue weighted by Gasteiger charge is -2.21. The molecule has 29 heavy (non-hydrogen) atoms. The van der Waals surface area contributed by atoms with Crippen LogP contribution in [0.1, 0.15) is 46.0 Å². The second-order valence-corrected chi connectivity index (χ2v) is 9.24. The molecule has 0 aromatic rings. The lowest BCUT2D eigenvalue weighted by atomic mass is 10.1. The van der Waals surface area contributed by atoms with Gasteiger partial charge in [-0.2, -0.15) is 0 Å². The first-order valence-corrected chi connectivity index (χ1v) is 11.6. The normalized spacial score (nSPS) is 15.2. The van der Waals surface area contributed by atoms with Gasteiger partial charge in [0.2, 0.25) is 24.6 Å². The molecule has 0 aliphatic carbocycles. The van der Waals surface area contributed by atoms with Crippen LogP contribution in [0.2, 0.25) is 0 Å². The largest absolute Gasteiger partial charge is 0.372 e. The van der Waals surface area contributed by atoms with Crippen molar-refractivity contribution >= 4 is 34.5 Å². The maximum Gasteiger partial charge on any atom is 0.222 e. The zero-order valence-electron chi connectivity index (χ0n) is 18.3. The summed E-state index contributed by atoms with van der Waals surface area (Å²) in [4.78, 5) is 42.7. The third kappa shape index (κ3) is 30.8. The molecule has 0 unspecified atom stereocenters. The predicted octanol–water partition coefficient (Wildman–Crippen LogP) is -0.243. The zero-order chi connectivity index (χ0) is 23.5. The van der Waals surface area contributed by atoms with E-state index in [1.54, 1.807) is 18.7 Å². The fourth-order valence-electron chi connectivity index (χ4n) is 1.81. The fourth-order valence-corrected chi connectivity index (χ4v) is 1.81. The van der Waals surface area contributed by atoms with E-state index in [0.29, 0.717) is 5.91 Å². The molecule has 4 amide bonds. The summed E-state index contributed by atoms with van der Waals surface area (Å²) in [5.41, 5.74) is 8.96. The van der Waals surface area contributed by atoms with Crippen LogP contribution in [0.3, 0.4) is 0 Å². The molecule has 2 rings (SSSR count). The van der Waals surface area contributed by atoms with Crippen LogP contribution in [0.15, 0.2) is 0 Å². The molecule has 0 saturated carbocycles. The van der Waals surface area contributed by atoms with Gasteiger partial charge in [0.05, 0.1) is 0 Å². The number of likely N-dealkylation sites (tertiary alicyclic amines) is 2. The molecule has 2 fully saturated rings. The molecule has 2 heterocycles. The Morgan fingerprint density at radius 1 is 1.03 bits per heavy atom. The van der Waals surface area contributed by atoms with Crippen molar-refractivity contribution in [3.63, 3.8) is 0 Å². The van der Waals surface area contributed by atoms with Gasteiger partial charge in [-0.25, -0.2) is 8.42 Å². The topological polar surface area (TPSA) is 161 Å². The maximum absolute atomic E-state index is 10.5. The predicted molar refractivity (Wildman–Crippen MR) is 113 cm³/mol. The molecule has 0 radical (unpaired) electrons. The van der Waals surface area contributed by atoms with Gasteiger partial charge in [-0.1, -0.05) is 13.8 Å². The van der Waals surface area contributed by atoms with Crippen LogP contribution in [0, 0.1) is 5.92 Å². The number of hydrogen-bond donors (Lipinski definition) is 2. The molecular formula is C18H38N4O6S. The SMILES string of the molecule is CC(C)C(N)=O.CN1CCCC1=O.CS(C)(=O)=O.NC=O.O=CN1CCCCC1. The number of primary amides is 2. The van der Waals surface area contributed by atoms with Gasteiger partial charge in [0, 0.05) is 51.5 Å². The molecule has 11 heteroatoms. The Morgan fingerprint density at radius 2 is 1.41 bits per heavy atom. The summed E-state index contributed by atoms with van der Waals surface area (Å²) in [6, 6.07) is 0. The molecule has 0 spiro atoms. The summed E-state index contributed by atoms with van der Waals surface area (Å²) >= 11 is 0. The number of amides is 4. The van der Waals surface area contributed by atoms with Gasteiger partial charge in [0.15, 0.2) is 0 Å². The lowest BCUT2D eigenvalue weighted by molar-refractivity contribution is -0.126. The average Bonchev–Trinajstić information content (AvgIpc) is 2.99. The van der Waals surface area contributed by atoms with Crippen molar-refractivity contribution in [2.75, 3.05) is 39.2 Å². The van der Waals surface area contributed by atoms with Gasteiger partial charge in [-0.3, -0.25) is 19.2 Å². The van der Waals surface area contributed by atoms with E-state index in [1.807, 2.05) is 11.9 Å². The highest BCUT2D eigenvalue weighted by Crippen LogP contribution is 2.05. The quantitative estimate of drug-likeness (QED) is 0.565. The fraction of sp³-hybridized carbons (Fsp3) is 0.778. The second kappa shape index (κ2) is 19.2. The van der Waals surface area contributed by atoms with Crippen molar-refractivity contribution in [1.82, 2.24) is 9.80 Å². The summed E-state index contributed by atoms with van der Waals surface area (Å²) in [5.74, 6) is 0.0417. The van der Waals surface area contributed by atoms with Crippen LogP contribution in [0.25, 0.3) is 0 Å². The van der Waals surface area contributed by atoms with Crippen molar-refractivity contribution < 1.29 is 27.6 Å². The first-order chi connectivity index (χ1) is 13.3. The number of hydrogen-bond acceptors (Lipinski definition) is 6. The first-order valence-electron chi connectivity index (χ1n) is 9.33. The van der Waals surface area contributed by atoms with E-state index in [4.69, 9.17) is 10.5 Å². The van der Waals surface area contributed by atoms with Crippen LogP contribution in [0.4, 0.5) is 0 Å². The highest BCUT2D eigenvalue weighted by atomic mass is 32.2. The number of carbonyl (C=O) groups excluding carboxylic acids is 4. The van der Waals surface area contributed by atoms with Crippen LogP contribution in [-0.2, 0) is 29.0 Å². The minimum atomic E-state index is -2.67. The standard InChI is InChI=1S/C6H11NO.C5H9NO.C4H9NO.C2H6O2S.CH3NO/c8-6-7-4-2-1-3-5-7;1-6-4-2-3-5(6)7;1-3(2)4(5)6;1-5(2,3)4;2-1-3/h6H,1-5H2;2-4H2,1H3;3H,1-2H3,(H2,5,6);1-2H3;1H,(H2,2,3). The van der Waals surface area contributed by atoms with E-state index in [0.717, 1.165) is 51.4 Å². The first kappa shape index (κ1) is 31.5. The van der Waals surface area contributed by atoms with Gasteiger partial charge in [0.25, 0.3) is 0 Å². The minimum absolute atomic E-state index is 0.00926. The number of nitrogens with zero attached hydrogens (tertiary/aromatic N) is 2. The number of piperidine rings is 1. The van der Waals surface area contributed by atoms with Crippen LogP contribution < -0.4 is 11.5 Å². The van der Waals surface area contributed by atoms with Crippen molar-refractivity contribution in [2.24, 2.45) is 17.4 Å². The Balaban J connectivity index is -0.000000302. The van der Waals surface area contributed by atoms with Crippen LogP contribution in [0.5, 0.6) is 0 Å². The van der Waals surface area contributed by atoms with Crippen LogP contribution >= 0.6 is 0 Å².